The Kier molecular flexibility index (Phi) is 3.91. The summed E-state index contributed by atoms with van der Waals surface area (Å²) in [6, 6.07) is 5.53. The fraction of sp³-hybridized carbons (Fsp3) is 0.467. The maximum atomic E-state index is 10.8. The van der Waals surface area contributed by atoms with Crippen LogP contribution in [0.2, 0.25) is 0 Å². The average molecular weight is 290 g/mol. The molecule has 0 fully saturated rings. The SMILES string of the molecule is C[C@@H](OC(N)=O)[C@@H](N)c1nc2ccc(C(C)(C)C)cc2[nH]1. The van der Waals surface area contributed by atoms with E-state index in [4.69, 9.17) is 16.2 Å². The van der Waals surface area contributed by atoms with Gasteiger partial charge in [0.25, 0.3) is 0 Å². The minimum Gasteiger partial charge on any atom is -0.445 e. The number of carbonyl (C=O) groups is 1. The van der Waals surface area contributed by atoms with Crippen LogP contribution in [0.1, 0.15) is 45.1 Å². The molecule has 1 amide bonds. The summed E-state index contributed by atoms with van der Waals surface area (Å²) in [4.78, 5) is 18.4. The summed E-state index contributed by atoms with van der Waals surface area (Å²) >= 11 is 0. The van der Waals surface area contributed by atoms with Gasteiger partial charge < -0.3 is 21.2 Å². The number of hydrogen-bond acceptors (Lipinski definition) is 4. The fourth-order valence-corrected chi connectivity index (χ4v) is 2.13. The summed E-state index contributed by atoms with van der Waals surface area (Å²) in [6.45, 7) is 8.14. The van der Waals surface area contributed by atoms with Gasteiger partial charge >= 0.3 is 6.09 Å². The predicted octanol–water partition coefficient (Wildman–Crippen LogP) is 2.34. The van der Waals surface area contributed by atoms with E-state index in [-0.39, 0.29) is 5.41 Å². The minimum absolute atomic E-state index is 0.0595. The topological polar surface area (TPSA) is 107 Å². The molecule has 2 rings (SSSR count). The highest BCUT2D eigenvalue weighted by Gasteiger charge is 2.22. The molecule has 114 valence electrons. The summed E-state index contributed by atoms with van der Waals surface area (Å²) < 4.78 is 4.89. The molecule has 0 spiro atoms. The van der Waals surface area contributed by atoms with Crippen LogP contribution >= 0.6 is 0 Å². The van der Waals surface area contributed by atoms with Gasteiger partial charge in [0.2, 0.25) is 0 Å². The lowest BCUT2D eigenvalue weighted by Crippen LogP contribution is -2.31. The molecule has 0 bridgehead atoms. The summed E-state index contributed by atoms with van der Waals surface area (Å²) in [5.41, 5.74) is 14.1. The molecule has 2 aromatic rings. The molecule has 0 saturated heterocycles. The van der Waals surface area contributed by atoms with E-state index in [1.54, 1.807) is 6.92 Å². The smallest absolute Gasteiger partial charge is 0.404 e. The first-order valence-corrected chi connectivity index (χ1v) is 6.90. The second-order valence-corrected chi connectivity index (χ2v) is 6.27. The Morgan fingerprint density at radius 1 is 1.38 bits per heavy atom. The standard InChI is InChI=1S/C15H22N4O2/c1-8(21-14(17)20)12(16)13-18-10-6-5-9(15(2,3)4)7-11(10)19-13/h5-8,12H,16H2,1-4H3,(H2,17,20)(H,18,19)/t8-,12-/m1/s1. The molecule has 6 nitrogen and oxygen atoms in total. The molecule has 0 radical (unpaired) electrons. The number of amides is 1. The van der Waals surface area contributed by atoms with Gasteiger partial charge in [0.05, 0.1) is 11.0 Å². The maximum absolute atomic E-state index is 10.8. The number of benzene rings is 1. The van der Waals surface area contributed by atoms with Crippen LogP contribution in [0, 0.1) is 0 Å². The zero-order valence-corrected chi connectivity index (χ0v) is 12.8. The zero-order chi connectivity index (χ0) is 15.8. The Balaban J connectivity index is 2.32. The highest BCUT2D eigenvalue weighted by molar-refractivity contribution is 5.76. The lowest BCUT2D eigenvalue weighted by molar-refractivity contribution is 0.0996. The second-order valence-electron chi connectivity index (χ2n) is 6.27. The molecule has 2 atom stereocenters. The van der Waals surface area contributed by atoms with Crippen molar-refractivity contribution < 1.29 is 9.53 Å². The van der Waals surface area contributed by atoms with Gasteiger partial charge in [-0.15, -0.1) is 0 Å². The number of ether oxygens (including phenoxy) is 1. The molecule has 1 aromatic carbocycles. The first-order valence-electron chi connectivity index (χ1n) is 6.90. The largest absolute Gasteiger partial charge is 0.445 e. The van der Waals surface area contributed by atoms with E-state index >= 15 is 0 Å². The minimum atomic E-state index is -0.843. The molecule has 6 heteroatoms. The second kappa shape index (κ2) is 5.37. The highest BCUT2D eigenvalue weighted by Crippen LogP contribution is 2.26. The van der Waals surface area contributed by atoms with Crippen LogP contribution < -0.4 is 11.5 Å². The molecule has 0 unspecified atom stereocenters. The molecular formula is C15H22N4O2. The fourth-order valence-electron chi connectivity index (χ4n) is 2.13. The monoisotopic (exact) mass is 290 g/mol. The molecule has 0 aliphatic rings. The first kappa shape index (κ1) is 15.3. The van der Waals surface area contributed by atoms with Gasteiger partial charge in [0.15, 0.2) is 0 Å². The maximum Gasteiger partial charge on any atom is 0.404 e. The molecule has 0 aliphatic carbocycles. The molecule has 1 heterocycles. The summed E-state index contributed by atoms with van der Waals surface area (Å²) in [6.07, 6.45) is -1.39. The Labute approximate surface area is 123 Å². The summed E-state index contributed by atoms with van der Waals surface area (Å²) in [5, 5.41) is 0. The number of aromatic amines is 1. The Hall–Kier alpha value is -2.08. The van der Waals surface area contributed by atoms with Crippen LogP contribution in [-0.4, -0.2) is 22.2 Å². The third-order valence-electron chi connectivity index (χ3n) is 3.49. The van der Waals surface area contributed by atoms with Crippen LogP contribution in [0.4, 0.5) is 4.79 Å². The number of nitrogens with one attached hydrogen (secondary N) is 1. The molecule has 5 N–H and O–H groups in total. The van der Waals surface area contributed by atoms with E-state index in [1.165, 1.54) is 5.56 Å². The Morgan fingerprint density at radius 3 is 2.62 bits per heavy atom. The van der Waals surface area contributed by atoms with E-state index in [9.17, 15) is 4.79 Å². The Morgan fingerprint density at radius 2 is 2.05 bits per heavy atom. The van der Waals surface area contributed by atoms with Gasteiger partial charge in [0.1, 0.15) is 18.0 Å². The number of fused-ring (bicyclic) bond motifs is 1. The average Bonchev–Trinajstić information content (AvgIpc) is 2.78. The summed E-state index contributed by atoms with van der Waals surface area (Å²) in [7, 11) is 0. The quantitative estimate of drug-likeness (QED) is 0.806. The van der Waals surface area contributed by atoms with E-state index in [0.717, 1.165) is 11.0 Å². The van der Waals surface area contributed by atoms with Crippen molar-refractivity contribution in [1.82, 2.24) is 9.97 Å². The van der Waals surface area contributed by atoms with Crippen molar-refractivity contribution in [2.75, 3.05) is 0 Å². The number of hydrogen-bond donors (Lipinski definition) is 3. The molecule has 0 aliphatic heterocycles. The number of nitrogens with zero attached hydrogens (tertiary/aromatic N) is 1. The Bertz CT molecular complexity index is 657. The number of aromatic nitrogens is 2. The lowest BCUT2D eigenvalue weighted by atomic mass is 9.87. The zero-order valence-electron chi connectivity index (χ0n) is 12.8. The van der Waals surface area contributed by atoms with Crippen molar-refractivity contribution in [3.8, 4) is 0 Å². The van der Waals surface area contributed by atoms with Crippen LogP contribution in [-0.2, 0) is 10.2 Å². The lowest BCUT2D eigenvalue weighted by Gasteiger charge is -2.18. The van der Waals surface area contributed by atoms with Crippen molar-refractivity contribution in [3.63, 3.8) is 0 Å². The predicted molar refractivity (Wildman–Crippen MR) is 81.9 cm³/mol. The third-order valence-corrected chi connectivity index (χ3v) is 3.49. The number of imidazole rings is 1. The number of carbonyl (C=O) groups excluding carboxylic acids is 1. The van der Waals surface area contributed by atoms with Crippen molar-refractivity contribution in [1.29, 1.82) is 0 Å². The van der Waals surface area contributed by atoms with Crippen LogP contribution in [0.3, 0.4) is 0 Å². The van der Waals surface area contributed by atoms with Gasteiger partial charge in [-0.3, -0.25) is 0 Å². The van der Waals surface area contributed by atoms with Crippen LogP contribution in [0.25, 0.3) is 11.0 Å². The number of rotatable bonds is 3. The van der Waals surface area contributed by atoms with Crippen molar-refractivity contribution >= 4 is 17.1 Å². The third kappa shape index (κ3) is 3.33. The van der Waals surface area contributed by atoms with E-state index in [2.05, 4.69) is 42.9 Å². The van der Waals surface area contributed by atoms with E-state index in [1.807, 2.05) is 6.07 Å². The number of primary amides is 1. The van der Waals surface area contributed by atoms with Gasteiger partial charge in [-0.1, -0.05) is 26.8 Å². The van der Waals surface area contributed by atoms with E-state index < -0.39 is 18.2 Å². The van der Waals surface area contributed by atoms with E-state index in [0.29, 0.717) is 5.82 Å². The van der Waals surface area contributed by atoms with Crippen molar-refractivity contribution in [2.24, 2.45) is 11.5 Å². The molecule has 1 aromatic heterocycles. The summed E-state index contributed by atoms with van der Waals surface area (Å²) in [5.74, 6) is 0.574. The molecule has 0 saturated carbocycles. The molecule has 21 heavy (non-hydrogen) atoms. The first-order chi connectivity index (χ1) is 9.68. The number of nitrogens with two attached hydrogens (primary N) is 2. The van der Waals surface area contributed by atoms with Crippen molar-refractivity contribution in [3.05, 3.63) is 29.6 Å². The van der Waals surface area contributed by atoms with Gasteiger partial charge in [-0.2, -0.15) is 0 Å². The van der Waals surface area contributed by atoms with Crippen molar-refractivity contribution in [2.45, 2.75) is 45.3 Å². The molecular weight excluding hydrogens is 268 g/mol. The van der Waals surface area contributed by atoms with Crippen LogP contribution in [0.5, 0.6) is 0 Å². The van der Waals surface area contributed by atoms with Gasteiger partial charge in [0, 0.05) is 0 Å². The van der Waals surface area contributed by atoms with Crippen LogP contribution in [0.15, 0.2) is 18.2 Å². The number of H-pyrrole nitrogens is 1. The highest BCUT2D eigenvalue weighted by atomic mass is 16.6. The normalized spacial score (nSPS) is 14.9. The van der Waals surface area contributed by atoms with Gasteiger partial charge in [-0.05, 0) is 30.0 Å². The van der Waals surface area contributed by atoms with Gasteiger partial charge in [-0.25, -0.2) is 9.78 Å².